The molecule has 0 spiro atoms. The number of piperidine rings is 1. The Hall–Kier alpha value is -2.62. The first-order chi connectivity index (χ1) is 16.9. The number of aromatic nitrogens is 2. The van der Waals surface area contributed by atoms with Gasteiger partial charge in [0.1, 0.15) is 5.82 Å². The summed E-state index contributed by atoms with van der Waals surface area (Å²) < 4.78 is 1.32. The normalized spacial score (nSPS) is 17.8. The van der Waals surface area contributed by atoms with Crippen molar-refractivity contribution in [2.75, 3.05) is 49.9 Å². The van der Waals surface area contributed by atoms with Gasteiger partial charge in [-0.2, -0.15) is 0 Å². The number of nitrogens with one attached hydrogen (secondary N) is 1. The zero-order valence-corrected chi connectivity index (χ0v) is 21.4. The maximum absolute atomic E-state index is 13.4. The van der Waals surface area contributed by atoms with Gasteiger partial charge in [-0.25, -0.2) is 4.79 Å². The number of likely N-dealkylation sites (tertiary alicyclic amines) is 2. The van der Waals surface area contributed by atoms with E-state index in [0.29, 0.717) is 39.0 Å². The molecule has 2 saturated heterocycles. The molecule has 3 rings (SSSR count). The Morgan fingerprint density at radius 2 is 1.66 bits per heavy atom. The van der Waals surface area contributed by atoms with Crippen LogP contribution in [0.2, 0.25) is 0 Å². The third-order valence-electron chi connectivity index (χ3n) is 7.18. The average molecular weight is 491 g/mol. The van der Waals surface area contributed by atoms with Crippen LogP contribution in [0.15, 0.2) is 9.59 Å². The summed E-state index contributed by atoms with van der Waals surface area (Å²) in [7, 11) is 0. The number of aromatic amines is 1. The molecule has 0 unspecified atom stereocenters. The fourth-order valence-corrected chi connectivity index (χ4v) is 5.13. The van der Waals surface area contributed by atoms with E-state index < -0.39 is 11.2 Å². The minimum atomic E-state index is -0.633. The maximum Gasteiger partial charge on any atom is 0.330 e. The predicted molar refractivity (Wildman–Crippen MR) is 137 cm³/mol. The number of nitrogens with zero attached hydrogens (tertiary/aromatic N) is 4. The second-order valence-corrected chi connectivity index (χ2v) is 9.83. The molecule has 0 aliphatic carbocycles. The molecule has 0 saturated carbocycles. The van der Waals surface area contributed by atoms with Gasteiger partial charge in [0.2, 0.25) is 11.8 Å². The number of carbonyl (C=O) groups excluding carboxylic acids is 2. The molecule has 3 heterocycles. The first-order valence-electron chi connectivity index (χ1n) is 13.3. The number of hydrogen-bond donors (Lipinski definition) is 2. The van der Waals surface area contributed by atoms with Crippen molar-refractivity contribution in [3.63, 3.8) is 0 Å². The van der Waals surface area contributed by atoms with Crippen LogP contribution in [0.4, 0.5) is 11.5 Å². The van der Waals surface area contributed by atoms with Gasteiger partial charge in [-0.15, -0.1) is 0 Å². The zero-order chi connectivity index (χ0) is 25.4. The Kier molecular flexibility index (Phi) is 9.94. The Bertz CT molecular complexity index is 971. The molecule has 3 N–H and O–H groups in total. The monoisotopic (exact) mass is 490 g/mol. The number of unbranched alkanes of at least 4 members (excludes halogenated alkanes) is 1. The molecule has 2 aliphatic rings. The summed E-state index contributed by atoms with van der Waals surface area (Å²) in [6, 6.07) is 0. The molecule has 0 aromatic carbocycles. The highest BCUT2D eigenvalue weighted by Crippen LogP contribution is 2.23. The van der Waals surface area contributed by atoms with Crippen molar-refractivity contribution in [1.82, 2.24) is 19.4 Å². The van der Waals surface area contributed by atoms with Gasteiger partial charge in [-0.1, -0.05) is 33.1 Å². The van der Waals surface area contributed by atoms with E-state index in [1.165, 1.54) is 22.3 Å². The molecular weight excluding hydrogens is 448 g/mol. The van der Waals surface area contributed by atoms with Gasteiger partial charge >= 0.3 is 5.69 Å². The van der Waals surface area contributed by atoms with Gasteiger partial charge in [0.05, 0.1) is 6.54 Å². The number of anilines is 2. The van der Waals surface area contributed by atoms with Crippen LogP contribution < -0.4 is 21.9 Å². The number of carbonyl (C=O) groups is 2. The smallest absolute Gasteiger partial charge is 0.330 e. The van der Waals surface area contributed by atoms with E-state index in [2.05, 4.69) is 9.88 Å². The van der Waals surface area contributed by atoms with Crippen molar-refractivity contribution >= 4 is 23.3 Å². The molecule has 2 amide bonds. The summed E-state index contributed by atoms with van der Waals surface area (Å²) in [5.74, 6) is 0.105. The highest BCUT2D eigenvalue weighted by molar-refractivity contribution is 5.96. The quantitative estimate of drug-likeness (QED) is 0.544. The summed E-state index contributed by atoms with van der Waals surface area (Å²) >= 11 is 0. The molecule has 35 heavy (non-hydrogen) atoms. The SMILES string of the molecule is CCCCN(C(=O)CN1CCC(C(=O)N2CCCCCC2)CC1)c1c(N)n(CCC)c(=O)[nH]c1=O. The summed E-state index contributed by atoms with van der Waals surface area (Å²) in [4.78, 5) is 59.2. The van der Waals surface area contributed by atoms with Crippen molar-refractivity contribution in [2.24, 2.45) is 5.92 Å². The van der Waals surface area contributed by atoms with E-state index in [0.717, 1.165) is 45.2 Å². The second-order valence-electron chi connectivity index (χ2n) is 9.83. The molecule has 2 aliphatic heterocycles. The molecule has 10 heteroatoms. The van der Waals surface area contributed by atoms with Gasteiger partial charge in [0, 0.05) is 32.1 Å². The van der Waals surface area contributed by atoms with Gasteiger partial charge < -0.3 is 15.5 Å². The standard InChI is InChI=1S/C25H42N6O4/c1-3-5-15-30(21-22(26)31(12-4-2)25(35)27-23(21)33)20(32)18-28-16-10-19(11-17-28)24(34)29-13-8-6-7-9-14-29/h19H,3-18,26H2,1-2H3,(H,27,33,35). The lowest BCUT2D eigenvalue weighted by Gasteiger charge is -2.34. The Labute approximate surface area is 207 Å². The number of amides is 2. The average Bonchev–Trinajstić information content (AvgIpc) is 3.13. The van der Waals surface area contributed by atoms with Crippen LogP contribution >= 0.6 is 0 Å². The highest BCUT2D eigenvalue weighted by atomic mass is 16.2. The van der Waals surface area contributed by atoms with Crippen LogP contribution in [0.1, 0.15) is 71.6 Å². The minimum absolute atomic E-state index is 0.0201. The lowest BCUT2D eigenvalue weighted by molar-refractivity contribution is -0.137. The Balaban J connectivity index is 1.68. The number of hydrogen-bond acceptors (Lipinski definition) is 6. The fourth-order valence-electron chi connectivity index (χ4n) is 5.13. The molecule has 1 aromatic heterocycles. The van der Waals surface area contributed by atoms with Crippen LogP contribution in [0.25, 0.3) is 0 Å². The van der Waals surface area contributed by atoms with E-state index >= 15 is 0 Å². The lowest BCUT2D eigenvalue weighted by atomic mass is 9.95. The van der Waals surface area contributed by atoms with Crippen molar-refractivity contribution in [2.45, 2.75) is 78.2 Å². The number of nitrogen functional groups attached to an aromatic ring is 1. The topological polar surface area (TPSA) is 125 Å². The molecule has 0 bridgehead atoms. The lowest BCUT2D eigenvalue weighted by Crippen LogP contribution is -2.48. The summed E-state index contributed by atoms with van der Waals surface area (Å²) in [5, 5.41) is 0. The molecule has 2 fully saturated rings. The van der Waals surface area contributed by atoms with E-state index in [1.54, 1.807) is 0 Å². The minimum Gasteiger partial charge on any atom is -0.383 e. The highest BCUT2D eigenvalue weighted by Gasteiger charge is 2.31. The van der Waals surface area contributed by atoms with Crippen molar-refractivity contribution in [1.29, 1.82) is 0 Å². The van der Waals surface area contributed by atoms with Crippen LogP contribution in [0.5, 0.6) is 0 Å². The van der Waals surface area contributed by atoms with E-state index in [4.69, 9.17) is 5.73 Å². The van der Waals surface area contributed by atoms with Crippen LogP contribution in [-0.2, 0) is 16.1 Å². The second kappa shape index (κ2) is 12.9. The first-order valence-corrected chi connectivity index (χ1v) is 13.3. The summed E-state index contributed by atoms with van der Waals surface area (Å²) in [6.45, 7) is 7.86. The maximum atomic E-state index is 13.4. The third kappa shape index (κ3) is 6.74. The van der Waals surface area contributed by atoms with Crippen LogP contribution in [-0.4, -0.2) is 70.4 Å². The number of rotatable bonds is 9. The van der Waals surface area contributed by atoms with Gasteiger partial charge in [0.15, 0.2) is 5.69 Å². The molecule has 0 radical (unpaired) electrons. The number of nitrogens with two attached hydrogens (primary N) is 1. The fraction of sp³-hybridized carbons (Fsp3) is 0.760. The molecule has 1 aromatic rings. The molecule has 196 valence electrons. The summed E-state index contributed by atoms with van der Waals surface area (Å²) in [6.07, 6.45) is 8.27. The van der Waals surface area contributed by atoms with Gasteiger partial charge in [-0.3, -0.25) is 28.8 Å². The van der Waals surface area contributed by atoms with Crippen molar-refractivity contribution in [3.05, 3.63) is 20.8 Å². The van der Waals surface area contributed by atoms with Crippen molar-refractivity contribution in [3.8, 4) is 0 Å². The summed E-state index contributed by atoms with van der Waals surface area (Å²) in [5.41, 5.74) is 5.11. The van der Waals surface area contributed by atoms with E-state index in [9.17, 15) is 19.2 Å². The number of H-pyrrole nitrogens is 1. The molecular formula is C25H42N6O4. The molecule has 0 atom stereocenters. The van der Waals surface area contributed by atoms with E-state index in [1.807, 2.05) is 18.7 Å². The largest absolute Gasteiger partial charge is 0.383 e. The van der Waals surface area contributed by atoms with Gasteiger partial charge in [-0.05, 0) is 51.6 Å². The predicted octanol–water partition coefficient (Wildman–Crippen LogP) is 1.78. The molecule has 10 nitrogen and oxygen atoms in total. The Morgan fingerprint density at radius 3 is 2.26 bits per heavy atom. The third-order valence-corrected chi connectivity index (χ3v) is 7.18. The zero-order valence-electron chi connectivity index (χ0n) is 21.4. The Morgan fingerprint density at radius 1 is 1.00 bits per heavy atom. The van der Waals surface area contributed by atoms with E-state index in [-0.39, 0.29) is 35.8 Å². The van der Waals surface area contributed by atoms with Gasteiger partial charge in [0.25, 0.3) is 5.56 Å². The van der Waals surface area contributed by atoms with Crippen molar-refractivity contribution < 1.29 is 9.59 Å². The van der Waals surface area contributed by atoms with Crippen LogP contribution in [0.3, 0.4) is 0 Å². The van der Waals surface area contributed by atoms with Crippen LogP contribution in [0, 0.1) is 5.92 Å². The first kappa shape index (κ1) is 27.0.